The van der Waals surface area contributed by atoms with E-state index in [2.05, 4.69) is 0 Å². The maximum absolute atomic E-state index is 13.5. The summed E-state index contributed by atoms with van der Waals surface area (Å²) in [5, 5.41) is 0. The Bertz CT molecular complexity index is 433. The van der Waals surface area contributed by atoms with E-state index in [0.717, 1.165) is 31.4 Å². The molecule has 1 saturated carbocycles. The number of Topliss-reactive ketones (excluding diaryl/α,β-unsaturated/α-hetero) is 1. The topological polar surface area (TPSA) is 43.1 Å². The molecule has 0 heterocycles. The van der Waals surface area contributed by atoms with Gasteiger partial charge in [-0.3, -0.25) is 4.79 Å². The minimum atomic E-state index is -0.780. The number of carbonyl (C=O) groups is 1. The first-order valence-corrected chi connectivity index (χ1v) is 5.83. The Hall–Kier alpha value is -1.29. The first-order chi connectivity index (χ1) is 8.13. The molecule has 1 aromatic rings. The summed E-state index contributed by atoms with van der Waals surface area (Å²) in [5.41, 5.74) is 5.58. The molecule has 0 aromatic heterocycles. The first-order valence-electron chi connectivity index (χ1n) is 5.83. The van der Waals surface area contributed by atoms with Gasteiger partial charge in [-0.15, -0.1) is 0 Å². The summed E-state index contributed by atoms with van der Waals surface area (Å²) in [6.07, 6.45) is 2.61. The molecule has 0 saturated heterocycles. The molecule has 0 radical (unpaired) electrons. The van der Waals surface area contributed by atoms with Gasteiger partial charge >= 0.3 is 0 Å². The van der Waals surface area contributed by atoms with E-state index >= 15 is 0 Å². The van der Waals surface area contributed by atoms with Gasteiger partial charge in [0.2, 0.25) is 0 Å². The van der Waals surface area contributed by atoms with Crippen LogP contribution in [0, 0.1) is 23.5 Å². The van der Waals surface area contributed by atoms with E-state index in [0.29, 0.717) is 6.54 Å². The molecule has 0 aliphatic heterocycles. The van der Waals surface area contributed by atoms with Crippen LogP contribution in [-0.4, -0.2) is 12.3 Å². The molecule has 0 spiro atoms. The van der Waals surface area contributed by atoms with Gasteiger partial charge in [0, 0.05) is 12.0 Å². The lowest BCUT2D eigenvalue weighted by molar-refractivity contribution is 0.0889. The summed E-state index contributed by atoms with van der Waals surface area (Å²) >= 11 is 0. The molecule has 1 aliphatic rings. The quantitative estimate of drug-likeness (QED) is 0.823. The third-order valence-corrected chi connectivity index (χ3v) is 3.50. The van der Waals surface area contributed by atoms with E-state index in [9.17, 15) is 13.6 Å². The van der Waals surface area contributed by atoms with Gasteiger partial charge < -0.3 is 5.73 Å². The van der Waals surface area contributed by atoms with Crippen LogP contribution in [0.4, 0.5) is 8.78 Å². The number of carbonyl (C=O) groups excluding carboxylic acids is 1. The van der Waals surface area contributed by atoms with Crippen molar-refractivity contribution in [2.75, 3.05) is 6.54 Å². The number of benzene rings is 1. The maximum Gasteiger partial charge on any atom is 0.169 e. The zero-order chi connectivity index (χ0) is 12.4. The molecular formula is C13H15F2NO. The predicted molar refractivity (Wildman–Crippen MR) is 60.6 cm³/mol. The van der Waals surface area contributed by atoms with Gasteiger partial charge in [0.1, 0.15) is 11.6 Å². The molecule has 1 aliphatic carbocycles. The van der Waals surface area contributed by atoms with Crippen molar-refractivity contribution in [2.24, 2.45) is 17.6 Å². The van der Waals surface area contributed by atoms with Crippen molar-refractivity contribution in [1.82, 2.24) is 0 Å². The van der Waals surface area contributed by atoms with Gasteiger partial charge in [0.15, 0.2) is 5.78 Å². The third-order valence-electron chi connectivity index (χ3n) is 3.50. The molecule has 2 rings (SSSR count). The zero-order valence-electron chi connectivity index (χ0n) is 9.46. The van der Waals surface area contributed by atoms with E-state index in [1.807, 2.05) is 0 Å². The third kappa shape index (κ3) is 2.36. The van der Waals surface area contributed by atoms with Crippen LogP contribution in [0.5, 0.6) is 0 Å². The van der Waals surface area contributed by atoms with Crippen LogP contribution < -0.4 is 5.73 Å². The zero-order valence-corrected chi connectivity index (χ0v) is 9.46. The molecule has 4 heteroatoms. The van der Waals surface area contributed by atoms with E-state index in [-0.39, 0.29) is 23.2 Å². The highest BCUT2D eigenvalue weighted by Gasteiger charge is 2.33. The molecule has 17 heavy (non-hydrogen) atoms. The van der Waals surface area contributed by atoms with Gasteiger partial charge in [0.05, 0.1) is 5.56 Å². The lowest BCUT2D eigenvalue weighted by Gasteiger charge is -2.16. The fourth-order valence-electron chi connectivity index (χ4n) is 2.55. The standard InChI is InChI=1S/C13H15F2NO/c14-9-4-5-11(12(15)6-9)13(17)10-3-1-2-8(10)7-16/h4-6,8,10H,1-3,7,16H2. The van der Waals surface area contributed by atoms with Crippen LogP contribution in [0.1, 0.15) is 29.6 Å². The van der Waals surface area contributed by atoms with Crippen LogP contribution in [0.3, 0.4) is 0 Å². The Kier molecular flexibility index (Phi) is 3.52. The van der Waals surface area contributed by atoms with Crippen LogP contribution >= 0.6 is 0 Å². The number of hydrogen-bond donors (Lipinski definition) is 1. The largest absolute Gasteiger partial charge is 0.330 e. The van der Waals surface area contributed by atoms with Crippen LogP contribution in [-0.2, 0) is 0 Å². The van der Waals surface area contributed by atoms with Crippen LogP contribution in [0.15, 0.2) is 18.2 Å². The Morgan fingerprint density at radius 3 is 2.76 bits per heavy atom. The molecule has 92 valence electrons. The Morgan fingerprint density at radius 1 is 1.35 bits per heavy atom. The van der Waals surface area contributed by atoms with Gasteiger partial charge in [-0.05, 0) is 37.4 Å². The lowest BCUT2D eigenvalue weighted by atomic mass is 9.88. The molecule has 2 nitrogen and oxygen atoms in total. The van der Waals surface area contributed by atoms with Crippen molar-refractivity contribution >= 4 is 5.78 Å². The van der Waals surface area contributed by atoms with Gasteiger partial charge in [0.25, 0.3) is 0 Å². The highest BCUT2D eigenvalue weighted by Crippen LogP contribution is 2.34. The smallest absolute Gasteiger partial charge is 0.169 e. The molecule has 1 fully saturated rings. The van der Waals surface area contributed by atoms with Gasteiger partial charge in [-0.2, -0.15) is 0 Å². The van der Waals surface area contributed by atoms with Gasteiger partial charge in [-0.25, -0.2) is 8.78 Å². The fourth-order valence-corrected chi connectivity index (χ4v) is 2.55. The minimum absolute atomic E-state index is 0.0169. The molecule has 2 N–H and O–H groups in total. The van der Waals surface area contributed by atoms with Crippen molar-refractivity contribution in [3.05, 3.63) is 35.4 Å². The van der Waals surface area contributed by atoms with Gasteiger partial charge in [-0.1, -0.05) is 6.42 Å². The van der Waals surface area contributed by atoms with E-state index in [1.54, 1.807) is 0 Å². The van der Waals surface area contributed by atoms with Crippen molar-refractivity contribution < 1.29 is 13.6 Å². The van der Waals surface area contributed by atoms with Crippen LogP contribution in [0.25, 0.3) is 0 Å². The number of hydrogen-bond acceptors (Lipinski definition) is 2. The first kappa shape index (κ1) is 12.2. The van der Waals surface area contributed by atoms with E-state index in [4.69, 9.17) is 5.73 Å². The summed E-state index contributed by atoms with van der Waals surface area (Å²) in [4.78, 5) is 12.1. The summed E-state index contributed by atoms with van der Waals surface area (Å²) in [6, 6.07) is 3.08. The average molecular weight is 239 g/mol. The summed E-state index contributed by atoms with van der Waals surface area (Å²) in [5.74, 6) is -1.76. The predicted octanol–water partition coefficient (Wildman–Crippen LogP) is 2.52. The van der Waals surface area contributed by atoms with Crippen molar-refractivity contribution in [1.29, 1.82) is 0 Å². The van der Waals surface area contributed by atoms with Crippen molar-refractivity contribution in [2.45, 2.75) is 19.3 Å². The second kappa shape index (κ2) is 4.92. The Labute approximate surface area is 98.8 Å². The Balaban J connectivity index is 2.24. The second-order valence-electron chi connectivity index (χ2n) is 4.52. The van der Waals surface area contributed by atoms with Crippen molar-refractivity contribution in [3.8, 4) is 0 Å². The average Bonchev–Trinajstić information content (AvgIpc) is 2.76. The SMILES string of the molecule is NCC1CCCC1C(=O)c1ccc(F)cc1F. The minimum Gasteiger partial charge on any atom is -0.330 e. The number of halogens is 2. The fraction of sp³-hybridized carbons (Fsp3) is 0.462. The number of ketones is 1. The highest BCUT2D eigenvalue weighted by atomic mass is 19.1. The van der Waals surface area contributed by atoms with E-state index < -0.39 is 11.6 Å². The summed E-state index contributed by atoms with van der Waals surface area (Å²) in [7, 11) is 0. The van der Waals surface area contributed by atoms with Crippen LogP contribution in [0.2, 0.25) is 0 Å². The number of nitrogens with two attached hydrogens (primary N) is 1. The highest BCUT2D eigenvalue weighted by molar-refractivity contribution is 5.98. The molecule has 0 bridgehead atoms. The summed E-state index contributed by atoms with van der Waals surface area (Å²) < 4.78 is 26.3. The molecule has 1 aromatic carbocycles. The molecular weight excluding hydrogens is 224 g/mol. The normalized spacial score (nSPS) is 23.9. The summed E-state index contributed by atoms with van der Waals surface area (Å²) in [6.45, 7) is 0.444. The molecule has 2 unspecified atom stereocenters. The lowest BCUT2D eigenvalue weighted by Crippen LogP contribution is -2.25. The maximum atomic E-state index is 13.5. The molecule has 2 atom stereocenters. The molecule has 0 amide bonds. The Morgan fingerprint density at radius 2 is 2.12 bits per heavy atom. The van der Waals surface area contributed by atoms with Crippen molar-refractivity contribution in [3.63, 3.8) is 0 Å². The monoisotopic (exact) mass is 239 g/mol. The number of rotatable bonds is 3. The second-order valence-corrected chi connectivity index (χ2v) is 4.52. The van der Waals surface area contributed by atoms with E-state index in [1.165, 1.54) is 6.07 Å².